The third-order valence-corrected chi connectivity index (χ3v) is 6.08. The Labute approximate surface area is 177 Å². The minimum atomic E-state index is 0.106. The summed E-state index contributed by atoms with van der Waals surface area (Å²) in [5, 5.41) is 0.860. The number of carbonyl (C=O) groups excluding carboxylic acids is 1. The lowest BCUT2D eigenvalue weighted by Crippen LogP contribution is -2.26. The van der Waals surface area contributed by atoms with Gasteiger partial charge in [-0.15, -0.1) is 0 Å². The lowest BCUT2D eigenvalue weighted by atomic mass is 9.83. The molecule has 1 saturated carbocycles. The van der Waals surface area contributed by atoms with Gasteiger partial charge in [-0.2, -0.15) is 0 Å². The van der Waals surface area contributed by atoms with Crippen LogP contribution in [-0.4, -0.2) is 53.8 Å². The summed E-state index contributed by atoms with van der Waals surface area (Å²) in [5.41, 5.74) is 2.03. The molecule has 0 spiro atoms. The van der Waals surface area contributed by atoms with Crippen LogP contribution in [0, 0.1) is 5.92 Å². The van der Waals surface area contributed by atoms with E-state index >= 15 is 0 Å². The highest BCUT2D eigenvalue weighted by Crippen LogP contribution is 2.37. The van der Waals surface area contributed by atoms with Crippen molar-refractivity contribution in [3.8, 4) is 5.88 Å². The second kappa shape index (κ2) is 9.79. The first-order valence-corrected chi connectivity index (χ1v) is 11.0. The molecule has 162 valence electrons. The molecule has 0 radical (unpaired) electrons. The molecule has 1 atom stereocenters. The van der Waals surface area contributed by atoms with Crippen molar-refractivity contribution in [3.05, 3.63) is 23.8 Å². The van der Waals surface area contributed by atoms with E-state index in [1.54, 1.807) is 7.11 Å². The van der Waals surface area contributed by atoms with Crippen LogP contribution in [0.2, 0.25) is 0 Å². The van der Waals surface area contributed by atoms with Crippen LogP contribution in [0.25, 0.3) is 10.9 Å². The van der Waals surface area contributed by atoms with Gasteiger partial charge in [-0.05, 0) is 24.7 Å². The van der Waals surface area contributed by atoms with E-state index in [0.29, 0.717) is 42.9 Å². The molecule has 1 aliphatic heterocycles. The largest absolute Gasteiger partial charge is 0.474 e. The van der Waals surface area contributed by atoms with Gasteiger partial charge in [-0.3, -0.25) is 4.79 Å². The number of methoxy groups -OCH3 is 1. The van der Waals surface area contributed by atoms with Gasteiger partial charge in [-0.25, -0.2) is 15.0 Å². The van der Waals surface area contributed by atoms with E-state index in [-0.39, 0.29) is 6.10 Å². The summed E-state index contributed by atoms with van der Waals surface area (Å²) in [6, 6.07) is 0. The van der Waals surface area contributed by atoms with Gasteiger partial charge in [0.2, 0.25) is 5.88 Å². The van der Waals surface area contributed by atoms with Gasteiger partial charge in [-0.1, -0.05) is 6.92 Å². The van der Waals surface area contributed by atoms with Crippen LogP contribution in [-0.2, 0) is 20.7 Å². The predicted molar refractivity (Wildman–Crippen MR) is 113 cm³/mol. The molecule has 30 heavy (non-hydrogen) atoms. The number of ether oxygens (including phenoxy) is 3. The van der Waals surface area contributed by atoms with Crippen LogP contribution >= 0.6 is 0 Å². The van der Waals surface area contributed by atoms with Crippen molar-refractivity contribution in [2.75, 3.05) is 26.9 Å². The van der Waals surface area contributed by atoms with Gasteiger partial charge in [0.15, 0.2) is 0 Å². The van der Waals surface area contributed by atoms with Gasteiger partial charge in [0, 0.05) is 63.8 Å². The summed E-state index contributed by atoms with van der Waals surface area (Å²) in [5.74, 6) is 2.40. The Hall–Kier alpha value is -2.12. The van der Waals surface area contributed by atoms with Gasteiger partial charge in [0.25, 0.3) is 0 Å². The Morgan fingerprint density at radius 1 is 1.13 bits per heavy atom. The highest BCUT2D eigenvalue weighted by molar-refractivity contribution is 5.86. The maximum absolute atomic E-state index is 11.7. The molecular weight excluding hydrogens is 382 g/mol. The normalized spacial score (nSPS) is 19.9. The molecule has 1 saturated heterocycles. The second-order valence-electron chi connectivity index (χ2n) is 8.57. The Kier molecular flexibility index (Phi) is 6.89. The zero-order chi connectivity index (χ0) is 20.9. The zero-order valence-electron chi connectivity index (χ0n) is 17.9. The van der Waals surface area contributed by atoms with Crippen molar-refractivity contribution in [2.24, 2.45) is 5.92 Å². The van der Waals surface area contributed by atoms with Crippen molar-refractivity contribution in [1.29, 1.82) is 0 Å². The first-order chi connectivity index (χ1) is 14.6. The molecule has 2 aliphatic rings. The lowest BCUT2D eigenvalue weighted by Gasteiger charge is -2.25. The fourth-order valence-corrected chi connectivity index (χ4v) is 4.40. The third-order valence-electron chi connectivity index (χ3n) is 6.08. The van der Waals surface area contributed by atoms with E-state index < -0.39 is 0 Å². The number of hydrogen-bond acceptors (Lipinski definition) is 7. The molecule has 0 aromatic carbocycles. The second-order valence-corrected chi connectivity index (χ2v) is 8.57. The Morgan fingerprint density at radius 3 is 2.63 bits per heavy atom. The average molecular weight is 414 g/mol. The number of pyridine rings is 1. The molecular formula is C23H31N3O4. The van der Waals surface area contributed by atoms with Crippen molar-refractivity contribution < 1.29 is 19.0 Å². The van der Waals surface area contributed by atoms with E-state index in [1.165, 1.54) is 0 Å². The van der Waals surface area contributed by atoms with Crippen LogP contribution in [0.1, 0.15) is 62.8 Å². The molecule has 3 heterocycles. The molecule has 7 heteroatoms. The Bertz CT molecular complexity index is 872. The number of hydrogen-bond donors (Lipinski definition) is 0. The summed E-state index contributed by atoms with van der Waals surface area (Å²) in [4.78, 5) is 26.0. The topological polar surface area (TPSA) is 83.4 Å². The van der Waals surface area contributed by atoms with Crippen molar-refractivity contribution in [3.63, 3.8) is 0 Å². The number of aromatic nitrogens is 3. The Balaban J connectivity index is 1.67. The van der Waals surface area contributed by atoms with Gasteiger partial charge in [0.05, 0.1) is 24.1 Å². The highest BCUT2D eigenvalue weighted by Gasteiger charge is 2.25. The minimum absolute atomic E-state index is 0.106. The fourth-order valence-electron chi connectivity index (χ4n) is 4.40. The monoisotopic (exact) mass is 413 g/mol. The standard InChI is InChI=1S/C23H31N3O4/c1-15(14-28-2)11-21-24-13-20-22(26-21)19(16-3-5-17(27)6-4-16)12-25-23(20)30-18-7-9-29-10-8-18/h12-13,15-16,18H,3-11,14H2,1-2H3/t15-/m1/s1. The average Bonchev–Trinajstić information content (AvgIpc) is 2.75. The molecule has 2 aromatic heterocycles. The molecule has 0 bridgehead atoms. The number of rotatable bonds is 7. The van der Waals surface area contributed by atoms with E-state index in [9.17, 15) is 4.79 Å². The molecule has 7 nitrogen and oxygen atoms in total. The molecule has 0 unspecified atom stereocenters. The third kappa shape index (κ3) is 4.95. The summed E-state index contributed by atoms with van der Waals surface area (Å²) < 4.78 is 17.0. The lowest BCUT2D eigenvalue weighted by molar-refractivity contribution is -0.120. The van der Waals surface area contributed by atoms with Gasteiger partial charge >= 0.3 is 0 Å². The first kappa shape index (κ1) is 21.1. The van der Waals surface area contributed by atoms with E-state index in [1.807, 2.05) is 12.4 Å². The molecule has 0 amide bonds. The highest BCUT2D eigenvalue weighted by atomic mass is 16.5. The molecule has 2 aromatic rings. The SMILES string of the molecule is COC[C@H](C)Cc1ncc2c(OC3CCOCC3)ncc(C3CCC(=O)CC3)c2n1. The van der Waals surface area contributed by atoms with Crippen LogP contribution in [0.3, 0.4) is 0 Å². The number of nitrogens with zero attached hydrogens (tertiary/aromatic N) is 3. The quantitative estimate of drug-likeness (QED) is 0.685. The van der Waals surface area contributed by atoms with Crippen molar-refractivity contribution >= 4 is 16.7 Å². The number of Topliss-reactive ketones (excluding diaryl/α,β-unsaturated/α-hetero) is 1. The number of fused-ring (bicyclic) bond motifs is 1. The van der Waals surface area contributed by atoms with Crippen molar-refractivity contribution in [2.45, 2.75) is 63.9 Å². The minimum Gasteiger partial charge on any atom is -0.474 e. The van der Waals surface area contributed by atoms with Gasteiger partial charge in [0.1, 0.15) is 17.7 Å². The molecule has 0 N–H and O–H groups in total. The first-order valence-electron chi connectivity index (χ1n) is 11.0. The van der Waals surface area contributed by atoms with Gasteiger partial charge < -0.3 is 14.2 Å². The summed E-state index contributed by atoms with van der Waals surface area (Å²) in [7, 11) is 1.71. The summed E-state index contributed by atoms with van der Waals surface area (Å²) in [6.45, 7) is 4.24. The maximum Gasteiger partial charge on any atom is 0.224 e. The smallest absolute Gasteiger partial charge is 0.224 e. The van der Waals surface area contributed by atoms with E-state index in [4.69, 9.17) is 19.2 Å². The summed E-state index contributed by atoms with van der Waals surface area (Å²) in [6.07, 6.45) is 9.34. The number of carbonyl (C=O) groups is 1. The van der Waals surface area contributed by atoms with Crippen LogP contribution in [0.4, 0.5) is 0 Å². The van der Waals surface area contributed by atoms with Crippen LogP contribution in [0.15, 0.2) is 12.4 Å². The van der Waals surface area contributed by atoms with Crippen LogP contribution in [0.5, 0.6) is 5.88 Å². The molecule has 1 aliphatic carbocycles. The maximum atomic E-state index is 11.7. The predicted octanol–water partition coefficient (Wildman–Crippen LogP) is 3.63. The summed E-state index contributed by atoms with van der Waals surface area (Å²) >= 11 is 0. The molecule has 2 fully saturated rings. The Morgan fingerprint density at radius 2 is 1.90 bits per heavy atom. The van der Waals surface area contributed by atoms with Crippen LogP contribution < -0.4 is 4.74 Å². The van der Waals surface area contributed by atoms with E-state index in [2.05, 4.69) is 16.9 Å². The van der Waals surface area contributed by atoms with Crippen molar-refractivity contribution in [1.82, 2.24) is 15.0 Å². The molecule has 4 rings (SSSR count). The fraction of sp³-hybridized carbons (Fsp3) is 0.652. The number of ketones is 1. The zero-order valence-corrected chi connectivity index (χ0v) is 17.9. The van der Waals surface area contributed by atoms with E-state index in [0.717, 1.165) is 67.6 Å².